The van der Waals surface area contributed by atoms with Crippen LogP contribution in [0.1, 0.15) is 52.7 Å². The molecule has 0 amide bonds. The maximum absolute atomic E-state index is 11.6. The summed E-state index contributed by atoms with van der Waals surface area (Å²) in [5.74, 6) is -0.336. The number of carbonyl (C=O) groups is 1. The van der Waals surface area contributed by atoms with E-state index in [2.05, 4.69) is 18.7 Å². The van der Waals surface area contributed by atoms with Crippen LogP contribution in [0.25, 0.3) is 0 Å². The SMILES string of the molecule is Cc1nc(C2CCC(N3C[C@H](C(=O)O)OC[C@@H]3Cc3ccc(Cl)cc3)CC2)sc1C. The molecule has 1 aliphatic heterocycles. The number of morpholine rings is 1. The number of aryl methyl sites for hydroxylation is 2. The minimum absolute atomic E-state index is 0.188. The molecule has 0 spiro atoms. The number of benzene rings is 1. The average Bonchev–Trinajstić information content (AvgIpc) is 3.08. The van der Waals surface area contributed by atoms with Gasteiger partial charge in [0.2, 0.25) is 0 Å². The van der Waals surface area contributed by atoms with Gasteiger partial charge in [0.15, 0.2) is 6.10 Å². The quantitative estimate of drug-likeness (QED) is 0.709. The van der Waals surface area contributed by atoms with Gasteiger partial charge < -0.3 is 9.84 Å². The van der Waals surface area contributed by atoms with E-state index in [-0.39, 0.29) is 6.04 Å². The maximum Gasteiger partial charge on any atom is 0.334 e. The third-order valence-electron chi connectivity index (χ3n) is 6.56. The molecule has 0 bridgehead atoms. The monoisotopic (exact) mass is 448 g/mol. The summed E-state index contributed by atoms with van der Waals surface area (Å²) in [6.45, 7) is 5.13. The van der Waals surface area contributed by atoms with Crippen LogP contribution in [0.3, 0.4) is 0 Å². The summed E-state index contributed by atoms with van der Waals surface area (Å²) in [4.78, 5) is 20.1. The van der Waals surface area contributed by atoms with Gasteiger partial charge in [-0.25, -0.2) is 9.78 Å². The number of carboxylic acids is 1. The summed E-state index contributed by atoms with van der Waals surface area (Å²) in [7, 11) is 0. The lowest BCUT2D eigenvalue weighted by molar-refractivity contribution is -0.162. The van der Waals surface area contributed by atoms with Crippen molar-refractivity contribution in [3.63, 3.8) is 0 Å². The van der Waals surface area contributed by atoms with Gasteiger partial charge in [0, 0.05) is 34.4 Å². The third kappa shape index (κ3) is 4.88. The van der Waals surface area contributed by atoms with E-state index in [1.165, 1.54) is 15.4 Å². The zero-order chi connectivity index (χ0) is 21.3. The van der Waals surface area contributed by atoms with E-state index in [0.29, 0.717) is 25.1 Å². The van der Waals surface area contributed by atoms with Gasteiger partial charge in [-0.05, 0) is 63.6 Å². The Hall–Kier alpha value is -1.47. The number of thiazole rings is 1. The first-order valence-corrected chi connectivity index (χ1v) is 11.9. The van der Waals surface area contributed by atoms with Gasteiger partial charge in [-0.15, -0.1) is 11.3 Å². The highest BCUT2D eigenvalue weighted by molar-refractivity contribution is 7.11. The molecule has 30 heavy (non-hydrogen) atoms. The molecule has 2 fully saturated rings. The molecule has 1 aromatic heterocycles. The topological polar surface area (TPSA) is 62.7 Å². The summed E-state index contributed by atoms with van der Waals surface area (Å²) >= 11 is 7.86. The van der Waals surface area contributed by atoms with Crippen molar-refractivity contribution in [3.8, 4) is 0 Å². The van der Waals surface area contributed by atoms with Crippen LogP contribution in [-0.2, 0) is 16.0 Å². The second-order valence-corrected chi connectivity index (χ2v) is 10.2. The zero-order valence-corrected chi connectivity index (χ0v) is 19.1. The van der Waals surface area contributed by atoms with Gasteiger partial charge in [0.1, 0.15) is 0 Å². The Labute approximate surface area is 187 Å². The fourth-order valence-electron chi connectivity index (χ4n) is 4.71. The first-order chi connectivity index (χ1) is 14.4. The number of rotatable bonds is 5. The van der Waals surface area contributed by atoms with E-state index in [0.717, 1.165) is 42.8 Å². The fraction of sp³-hybridized carbons (Fsp3) is 0.565. The Morgan fingerprint density at radius 3 is 2.53 bits per heavy atom. The number of hydrogen-bond donors (Lipinski definition) is 1. The Kier molecular flexibility index (Phi) is 6.78. The smallest absolute Gasteiger partial charge is 0.334 e. The molecule has 1 saturated heterocycles. The third-order valence-corrected chi connectivity index (χ3v) is 8.04. The van der Waals surface area contributed by atoms with Crippen LogP contribution in [-0.4, -0.2) is 52.3 Å². The summed E-state index contributed by atoms with van der Waals surface area (Å²) < 4.78 is 5.70. The lowest BCUT2D eigenvalue weighted by Gasteiger charge is -2.45. The van der Waals surface area contributed by atoms with Crippen molar-refractivity contribution in [1.29, 1.82) is 0 Å². The minimum Gasteiger partial charge on any atom is -0.479 e. The predicted octanol–water partition coefficient (Wildman–Crippen LogP) is 4.84. The second-order valence-electron chi connectivity index (χ2n) is 8.54. The molecule has 162 valence electrons. The number of aromatic nitrogens is 1. The molecule has 7 heteroatoms. The lowest BCUT2D eigenvalue weighted by Crippen LogP contribution is -2.57. The second kappa shape index (κ2) is 9.35. The summed E-state index contributed by atoms with van der Waals surface area (Å²) in [6.07, 6.45) is 4.47. The number of aliphatic carboxylic acids is 1. The highest BCUT2D eigenvalue weighted by Gasteiger charge is 2.38. The van der Waals surface area contributed by atoms with Crippen molar-refractivity contribution in [1.82, 2.24) is 9.88 Å². The molecule has 5 nitrogen and oxygen atoms in total. The largest absolute Gasteiger partial charge is 0.479 e. The van der Waals surface area contributed by atoms with E-state index in [4.69, 9.17) is 21.3 Å². The summed E-state index contributed by atoms with van der Waals surface area (Å²) in [6, 6.07) is 8.50. The Bertz CT molecular complexity index is 858. The van der Waals surface area contributed by atoms with Gasteiger partial charge in [0.25, 0.3) is 0 Å². The van der Waals surface area contributed by atoms with Crippen LogP contribution in [0, 0.1) is 13.8 Å². The first-order valence-electron chi connectivity index (χ1n) is 10.7. The number of ether oxygens (including phenoxy) is 1. The van der Waals surface area contributed by atoms with Crippen LogP contribution in [0.4, 0.5) is 0 Å². The van der Waals surface area contributed by atoms with Crippen molar-refractivity contribution in [2.45, 2.75) is 70.1 Å². The van der Waals surface area contributed by atoms with E-state index < -0.39 is 12.1 Å². The first kappa shape index (κ1) is 21.8. The number of halogens is 1. The van der Waals surface area contributed by atoms with Gasteiger partial charge in [-0.3, -0.25) is 4.90 Å². The maximum atomic E-state index is 11.6. The average molecular weight is 449 g/mol. The molecule has 1 aromatic carbocycles. The lowest BCUT2D eigenvalue weighted by atomic mass is 9.84. The van der Waals surface area contributed by atoms with Gasteiger partial charge in [-0.2, -0.15) is 0 Å². The van der Waals surface area contributed by atoms with Crippen molar-refractivity contribution >= 4 is 28.9 Å². The van der Waals surface area contributed by atoms with Crippen LogP contribution >= 0.6 is 22.9 Å². The highest BCUT2D eigenvalue weighted by Crippen LogP contribution is 2.38. The molecule has 1 aliphatic carbocycles. The van der Waals surface area contributed by atoms with Crippen LogP contribution < -0.4 is 0 Å². The number of hydrogen-bond acceptors (Lipinski definition) is 5. The highest BCUT2D eigenvalue weighted by atomic mass is 35.5. The molecule has 0 radical (unpaired) electrons. The van der Waals surface area contributed by atoms with E-state index in [1.54, 1.807) is 0 Å². The molecular weight excluding hydrogens is 420 g/mol. The van der Waals surface area contributed by atoms with Crippen molar-refractivity contribution in [2.75, 3.05) is 13.2 Å². The molecule has 2 atom stereocenters. The van der Waals surface area contributed by atoms with Gasteiger partial charge >= 0.3 is 5.97 Å². The molecule has 2 aliphatic rings. The van der Waals surface area contributed by atoms with E-state index in [1.807, 2.05) is 35.6 Å². The van der Waals surface area contributed by atoms with E-state index in [9.17, 15) is 9.90 Å². The van der Waals surface area contributed by atoms with E-state index >= 15 is 0 Å². The molecule has 4 rings (SSSR count). The summed E-state index contributed by atoms with van der Waals surface area (Å²) in [5.41, 5.74) is 2.35. The standard InChI is InChI=1S/C23H29ClN2O3S/c1-14-15(2)30-22(25-14)17-5-9-19(10-6-17)26-12-21(23(27)28)29-13-20(26)11-16-3-7-18(24)8-4-16/h3-4,7-8,17,19-21H,5-6,9-13H2,1-2H3,(H,27,28)/t17?,19?,20-,21+/m0/s1. The Morgan fingerprint density at radius 2 is 1.93 bits per heavy atom. The molecule has 2 aromatic rings. The normalized spacial score (nSPS) is 27.8. The van der Waals surface area contributed by atoms with Gasteiger partial charge in [0.05, 0.1) is 17.3 Å². The summed E-state index contributed by atoms with van der Waals surface area (Å²) in [5, 5.41) is 11.5. The molecule has 1 N–H and O–H groups in total. The van der Waals surface area contributed by atoms with Crippen molar-refractivity contribution < 1.29 is 14.6 Å². The fourth-order valence-corrected chi connectivity index (χ4v) is 5.93. The van der Waals surface area contributed by atoms with Gasteiger partial charge in [-0.1, -0.05) is 23.7 Å². The zero-order valence-electron chi connectivity index (χ0n) is 17.5. The van der Waals surface area contributed by atoms with Crippen LogP contribution in [0.5, 0.6) is 0 Å². The molecular formula is C23H29ClN2O3S. The van der Waals surface area contributed by atoms with Crippen LogP contribution in [0.15, 0.2) is 24.3 Å². The molecule has 0 unspecified atom stereocenters. The molecule has 1 saturated carbocycles. The minimum atomic E-state index is -0.868. The molecule has 2 heterocycles. The predicted molar refractivity (Wildman–Crippen MR) is 120 cm³/mol. The van der Waals surface area contributed by atoms with Crippen molar-refractivity contribution in [2.24, 2.45) is 0 Å². The van der Waals surface area contributed by atoms with Crippen LogP contribution in [0.2, 0.25) is 5.02 Å². The number of nitrogens with zero attached hydrogens (tertiary/aromatic N) is 2. The Balaban J connectivity index is 1.45. The number of carboxylic acid groups (broad SMARTS) is 1. The van der Waals surface area contributed by atoms with Crippen molar-refractivity contribution in [3.05, 3.63) is 50.4 Å². The Morgan fingerprint density at radius 1 is 1.23 bits per heavy atom.